The van der Waals surface area contributed by atoms with Crippen LogP contribution in [0.5, 0.6) is 0 Å². The number of aromatic nitrogens is 2. The molecule has 0 aliphatic carbocycles. The summed E-state index contributed by atoms with van der Waals surface area (Å²) >= 11 is 0. The van der Waals surface area contributed by atoms with Crippen LogP contribution in [0.1, 0.15) is 36.8 Å². The molecule has 6 nitrogen and oxygen atoms in total. The van der Waals surface area contributed by atoms with Gasteiger partial charge in [0.1, 0.15) is 0 Å². The number of amides is 1. The van der Waals surface area contributed by atoms with Crippen LogP contribution in [0.15, 0.2) is 57.7 Å². The molecule has 2 aromatic heterocycles. The number of carbonyl (C=O) groups excluding carboxylic acids is 1. The van der Waals surface area contributed by atoms with Gasteiger partial charge in [-0.3, -0.25) is 4.79 Å². The van der Waals surface area contributed by atoms with Gasteiger partial charge in [0.15, 0.2) is 5.76 Å². The van der Waals surface area contributed by atoms with Crippen molar-refractivity contribution in [2.75, 3.05) is 6.54 Å². The second-order valence-corrected chi connectivity index (χ2v) is 6.14. The van der Waals surface area contributed by atoms with Gasteiger partial charge in [-0.05, 0) is 30.5 Å². The molecule has 1 amide bonds. The molecule has 1 saturated heterocycles. The Kier molecular flexibility index (Phi) is 4.33. The first-order valence-corrected chi connectivity index (χ1v) is 8.52. The molecule has 0 radical (unpaired) electrons. The average molecular weight is 337 g/mol. The van der Waals surface area contributed by atoms with Gasteiger partial charge in [-0.25, -0.2) is 0 Å². The normalized spacial score (nSPS) is 17.1. The van der Waals surface area contributed by atoms with Crippen molar-refractivity contribution in [1.29, 1.82) is 0 Å². The number of carbonyl (C=O) groups is 1. The van der Waals surface area contributed by atoms with Crippen molar-refractivity contribution in [1.82, 2.24) is 15.0 Å². The average Bonchev–Trinajstić information content (AvgIpc) is 3.41. The van der Waals surface area contributed by atoms with Gasteiger partial charge in [0.05, 0.1) is 12.3 Å². The van der Waals surface area contributed by atoms with Gasteiger partial charge in [0.25, 0.3) is 0 Å². The van der Waals surface area contributed by atoms with E-state index in [0.29, 0.717) is 30.3 Å². The predicted molar refractivity (Wildman–Crippen MR) is 90.5 cm³/mol. The minimum absolute atomic E-state index is 0.129. The van der Waals surface area contributed by atoms with Crippen LogP contribution in [0.25, 0.3) is 11.6 Å². The van der Waals surface area contributed by atoms with Crippen LogP contribution >= 0.6 is 0 Å². The topological polar surface area (TPSA) is 72.4 Å². The summed E-state index contributed by atoms with van der Waals surface area (Å²) in [5.74, 6) is 1.56. The van der Waals surface area contributed by atoms with E-state index in [9.17, 15) is 4.79 Å². The van der Waals surface area contributed by atoms with Crippen LogP contribution in [0.3, 0.4) is 0 Å². The summed E-state index contributed by atoms with van der Waals surface area (Å²) in [6, 6.07) is 13.9. The molecule has 6 heteroatoms. The van der Waals surface area contributed by atoms with Crippen LogP contribution in [0, 0.1) is 0 Å². The van der Waals surface area contributed by atoms with E-state index in [2.05, 4.69) is 22.3 Å². The molecule has 4 rings (SSSR count). The zero-order valence-corrected chi connectivity index (χ0v) is 13.8. The number of hydrogen-bond donors (Lipinski definition) is 0. The molecule has 1 fully saturated rings. The predicted octanol–water partition coefficient (Wildman–Crippen LogP) is 3.63. The summed E-state index contributed by atoms with van der Waals surface area (Å²) in [6.45, 7) is 0.805. The van der Waals surface area contributed by atoms with Crippen molar-refractivity contribution >= 4 is 5.91 Å². The van der Waals surface area contributed by atoms with Crippen molar-refractivity contribution in [2.24, 2.45) is 0 Å². The Balaban J connectivity index is 1.39. The number of hydrogen-bond acceptors (Lipinski definition) is 5. The lowest BCUT2D eigenvalue weighted by atomic mass is 10.0. The number of furan rings is 1. The maximum Gasteiger partial charge on any atom is 0.238 e. The van der Waals surface area contributed by atoms with Gasteiger partial charge in [-0.1, -0.05) is 35.5 Å². The highest BCUT2D eigenvalue weighted by Gasteiger charge is 2.29. The second kappa shape index (κ2) is 6.93. The lowest BCUT2D eigenvalue weighted by Crippen LogP contribution is -2.30. The molecule has 1 aliphatic heterocycles. The lowest BCUT2D eigenvalue weighted by Gasteiger charge is -2.25. The fourth-order valence-corrected chi connectivity index (χ4v) is 3.31. The van der Waals surface area contributed by atoms with Gasteiger partial charge in [0, 0.05) is 19.4 Å². The Morgan fingerprint density at radius 1 is 1.20 bits per heavy atom. The third kappa shape index (κ3) is 3.33. The standard InChI is InChI=1S/C19H19N3O3/c23-18(22-12-4-8-15(22)14-6-2-1-3-7-14)11-10-17-20-19(21-25-17)16-9-5-13-24-16/h1-3,5-7,9,13,15H,4,8,10-12H2. The molecule has 3 heterocycles. The molecule has 1 aliphatic rings. The van der Waals surface area contributed by atoms with Gasteiger partial charge in [-0.2, -0.15) is 4.98 Å². The Bertz CT molecular complexity index is 827. The van der Waals surface area contributed by atoms with Crippen molar-refractivity contribution in [2.45, 2.75) is 31.7 Å². The summed E-state index contributed by atoms with van der Waals surface area (Å²) in [5.41, 5.74) is 1.20. The summed E-state index contributed by atoms with van der Waals surface area (Å²) in [4.78, 5) is 18.9. The van der Waals surface area contributed by atoms with Crippen molar-refractivity contribution in [3.05, 3.63) is 60.2 Å². The SMILES string of the molecule is O=C(CCc1nc(-c2ccco2)no1)N1CCCC1c1ccccc1. The fraction of sp³-hybridized carbons (Fsp3) is 0.316. The van der Waals surface area contributed by atoms with Gasteiger partial charge in [-0.15, -0.1) is 0 Å². The molecule has 25 heavy (non-hydrogen) atoms. The molecule has 0 saturated carbocycles. The minimum atomic E-state index is 0.129. The molecule has 128 valence electrons. The molecule has 1 unspecified atom stereocenters. The molecule has 0 spiro atoms. The van der Waals surface area contributed by atoms with E-state index in [1.165, 1.54) is 5.56 Å². The maximum absolute atomic E-state index is 12.7. The highest BCUT2D eigenvalue weighted by atomic mass is 16.5. The quantitative estimate of drug-likeness (QED) is 0.711. The van der Waals surface area contributed by atoms with Gasteiger partial charge >= 0.3 is 0 Å². The van der Waals surface area contributed by atoms with Crippen molar-refractivity contribution in [3.63, 3.8) is 0 Å². The van der Waals surface area contributed by atoms with E-state index >= 15 is 0 Å². The summed E-state index contributed by atoms with van der Waals surface area (Å²) in [5, 5.41) is 3.89. The van der Waals surface area contributed by atoms with Crippen LogP contribution in [-0.2, 0) is 11.2 Å². The molecule has 3 aromatic rings. The Morgan fingerprint density at radius 2 is 2.08 bits per heavy atom. The largest absolute Gasteiger partial charge is 0.461 e. The first-order chi connectivity index (χ1) is 12.3. The number of rotatable bonds is 5. The van der Waals surface area contributed by atoms with Crippen LogP contribution in [-0.4, -0.2) is 27.5 Å². The minimum Gasteiger partial charge on any atom is -0.461 e. The number of likely N-dealkylation sites (tertiary alicyclic amines) is 1. The van der Waals surface area contributed by atoms with Crippen LogP contribution < -0.4 is 0 Å². The number of aryl methyl sites for hydroxylation is 1. The smallest absolute Gasteiger partial charge is 0.238 e. The van der Waals surface area contributed by atoms with E-state index < -0.39 is 0 Å². The van der Waals surface area contributed by atoms with E-state index in [1.807, 2.05) is 23.1 Å². The Morgan fingerprint density at radius 3 is 2.88 bits per heavy atom. The van der Waals surface area contributed by atoms with Crippen LogP contribution in [0.2, 0.25) is 0 Å². The Labute approximate surface area is 145 Å². The van der Waals surface area contributed by atoms with E-state index in [1.54, 1.807) is 18.4 Å². The lowest BCUT2D eigenvalue weighted by molar-refractivity contribution is -0.132. The zero-order valence-electron chi connectivity index (χ0n) is 13.8. The summed E-state index contributed by atoms with van der Waals surface area (Å²) < 4.78 is 10.5. The fourth-order valence-electron chi connectivity index (χ4n) is 3.31. The van der Waals surface area contributed by atoms with Gasteiger partial charge in [0.2, 0.25) is 17.6 Å². The Hall–Kier alpha value is -2.89. The van der Waals surface area contributed by atoms with Crippen LogP contribution in [0.4, 0.5) is 0 Å². The number of benzene rings is 1. The third-order valence-corrected chi connectivity index (χ3v) is 4.52. The molecule has 1 atom stereocenters. The highest BCUT2D eigenvalue weighted by Crippen LogP contribution is 2.32. The molecular weight excluding hydrogens is 318 g/mol. The maximum atomic E-state index is 12.7. The monoisotopic (exact) mass is 337 g/mol. The summed E-state index contributed by atoms with van der Waals surface area (Å²) in [7, 11) is 0. The highest BCUT2D eigenvalue weighted by molar-refractivity contribution is 5.77. The first kappa shape index (κ1) is 15.6. The van der Waals surface area contributed by atoms with E-state index in [4.69, 9.17) is 8.94 Å². The van der Waals surface area contributed by atoms with E-state index in [0.717, 1.165) is 19.4 Å². The van der Waals surface area contributed by atoms with Gasteiger partial charge < -0.3 is 13.8 Å². The van der Waals surface area contributed by atoms with Crippen molar-refractivity contribution < 1.29 is 13.7 Å². The molecule has 0 bridgehead atoms. The molecule has 1 aromatic carbocycles. The second-order valence-electron chi connectivity index (χ2n) is 6.14. The third-order valence-electron chi connectivity index (χ3n) is 4.52. The molecular formula is C19H19N3O3. The number of nitrogens with zero attached hydrogens (tertiary/aromatic N) is 3. The van der Waals surface area contributed by atoms with E-state index in [-0.39, 0.29) is 11.9 Å². The molecule has 0 N–H and O–H groups in total. The zero-order chi connectivity index (χ0) is 17.1. The summed E-state index contributed by atoms with van der Waals surface area (Å²) in [6.07, 6.45) is 4.41. The first-order valence-electron chi connectivity index (χ1n) is 8.52. The van der Waals surface area contributed by atoms with Crippen molar-refractivity contribution in [3.8, 4) is 11.6 Å².